The Hall–Kier alpha value is -2.65. The average Bonchev–Trinajstić information content (AvgIpc) is 2.68. The van der Waals surface area contributed by atoms with Crippen LogP contribution in [0.25, 0.3) is 0 Å². The number of pyridine rings is 1. The summed E-state index contributed by atoms with van der Waals surface area (Å²) in [6.45, 7) is 2.36. The molecule has 4 nitrogen and oxygen atoms in total. The number of phenols is 1. The molecule has 0 spiro atoms. The fourth-order valence-corrected chi connectivity index (χ4v) is 3.51. The number of phenolic OH excluding ortho intramolecular Hbond substituents is 1. The molecule has 0 saturated carbocycles. The normalized spacial score (nSPS) is 20.3. The zero-order valence-electron chi connectivity index (χ0n) is 16.0. The molecule has 164 valence electrons. The fourth-order valence-electron chi connectivity index (χ4n) is 3.51. The van der Waals surface area contributed by atoms with E-state index in [0.29, 0.717) is 37.7 Å². The third-order valence-electron chi connectivity index (χ3n) is 5.09. The third kappa shape index (κ3) is 4.91. The van der Waals surface area contributed by atoms with E-state index in [4.69, 9.17) is 4.74 Å². The van der Waals surface area contributed by atoms with Crippen LogP contribution in [0.15, 0.2) is 36.5 Å². The molecular formula is C20H20F6N2O2. The van der Waals surface area contributed by atoms with Gasteiger partial charge < -0.3 is 14.7 Å². The van der Waals surface area contributed by atoms with Crippen molar-refractivity contribution >= 4 is 5.82 Å². The number of nitrogens with zero attached hydrogens (tertiary/aromatic N) is 2. The van der Waals surface area contributed by atoms with E-state index in [1.165, 1.54) is 6.07 Å². The minimum atomic E-state index is -4.57. The van der Waals surface area contributed by atoms with Crippen molar-refractivity contribution in [1.82, 2.24) is 4.98 Å². The summed E-state index contributed by atoms with van der Waals surface area (Å²) in [5, 5.41) is 9.89. The summed E-state index contributed by atoms with van der Waals surface area (Å²) < 4.78 is 82.1. The maximum Gasteiger partial charge on any atom is 0.417 e. The van der Waals surface area contributed by atoms with Gasteiger partial charge in [0.2, 0.25) is 0 Å². The topological polar surface area (TPSA) is 45.6 Å². The highest BCUT2D eigenvalue weighted by Gasteiger charge is 2.34. The van der Waals surface area contributed by atoms with E-state index in [1.54, 1.807) is 0 Å². The Morgan fingerprint density at radius 3 is 2.27 bits per heavy atom. The second-order valence-electron chi connectivity index (χ2n) is 7.10. The number of aromatic nitrogens is 1. The Bertz CT molecular complexity index is 867. The highest BCUT2D eigenvalue weighted by molar-refractivity contribution is 5.44. The van der Waals surface area contributed by atoms with Crippen molar-refractivity contribution in [3.05, 3.63) is 47.7 Å². The van der Waals surface area contributed by atoms with Crippen molar-refractivity contribution in [1.29, 1.82) is 0 Å². The number of hydrogen-bond donors (Lipinski definition) is 1. The van der Waals surface area contributed by atoms with E-state index in [1.807, 2.05) is 11.8 Å². The van der Waals surface area contributed by atoms with Crippen LogP contribution in [-0.4, -0.2) is 28.8 Å². The number of alkyl halides is 6. The van der Waals surface area contributed by atoms with Crippen LogP contribution in [0.4, 0.5) is 32.2 Å². The summed E-state index contributed by atoms with van der Waals surface area (Å²) in [7, 11) is 0. The number of hydrogen-bond acceptors (Lipinski definition) is 4. The van der Waals surface area contributed by atoms with Crippen molar-refractivity contribution in [2.75, 3.05) is 11.4 Å². The van der Waals surface area contributed by atoms with Crippen LogP contribution in [0.1, 0.15) is 37.3 Å². The lowest BCUT2D eigenvalue weighted by molar-refractivity contribution is -0.138. The molecule has 30 heavy (non-hydrogen) atoms. The molecule has 1 saturated heterocycles. The number of aromatic hydroxyl groups is 1. The predicted molar refractivity (Wildman–Crippen MR) is 97.4 cm³/mol. The van der Waals surface area contributed by atoms with E-state index in [0.717, 1.165) is 24.4 Å². The van der Waals surface area contributed by atoms with E-state index >= 15 is 0 Å². The van der Waals surface area contributed by atoms with E-state index in [2.05, 4.69) is 4.98 Å². The summed E-state index contributed by atoms with van der Waals surface area (Å²) in [6.07, 6.45) is -6.96. The maximum atomic E-state index is 12.7. The molecule has 1 aromatic carbocycles. The second kappa shape index (κ2) is 8.23. The van der Waals surface area contributed by atoms with Gasteiger partial charge in [0, 0.05) is 31.6 Å². The first kappa shape index (κ1) is 22.0. The molecule has 0 amide bonds. The monoisotopic (exact) mass is 434 g/mol. The van der Waals surface area contributed by atoms with Gasteiger partial charge in [-0.15, -0.1) is 0 Å². The van der Waals surface area contributed by atoms with Gasteiger partial charge in [0.1, 0.15) is 11.9 Å². The highest BCUT2D eigenvalue weighted by Crippen LogP contribution is 2.37. The molecule has 0 bridgehead atoms. The zero-order valence-corrected chi connectivity index (χ0v) is 16.0. The van der Waals surface area contributed by atoms with Crippen LogP contribution in [0.2, 0.25) is 0 Å². The standard InChI is InChI=1S/C20H20F6N2O2/c1-2-14-10-15(30-17-5-3-12(9-16(17)29)19(21,22)23)7-8-28(14)18-6-4-13(11-27-18)20(24,25)26/h3-6,9,11,14-15,29H,2,7-8,10H2,1H3/t14-,15-/m0/s1. The second-order valence-corrected chi connectivity index (χ2v) is 7.10. The molecule has 3 rings (SSSR count). The van der Waals surface area contributed by atoms with Crippen LogP contribution in [-0.2, 0) is 12.4 Å². The first-order valence-corrected chi connectivity index (χ1v) is 9.35. The van der Waals surface area contributed by atoms with Gasteiger partial charge in [-0.2, -0.15) is 26.3 Å². The van der Waals surface area contributed by atoms with Gasteiger partial charge >= 0.3 is 12.4 Å². The van der Waals surface area contributed by atoms with E-state index in [9.17, 15) is 31.4 Å². The number of benzene rings is 1. The van der Waals surface area contributed by atoms with Gasteiger partial charge in [0.05, 0.1) is 11.1 Å². The summed E-state index contributed by atoms with van der Waals surface area (Å²) in [6, 6.07) is 4.78. The lowest BCUT2D eigenvalue weighted by atomic mass is 9.97. The molecule has 1 N–H and O–H groups in total. The number of halogens is 6. The van der Waals surface area contributed by atoms with E-state index in [-0.39, 0.29) is 17.9 Å². The van der Waals surface area contributed by atoms with Gasteiger partial charge in [-0.25, -0.2) is 4.98 Å². The van der Waals surface area contributed by atoms with Crippen LogP contribution in [0.3, 0.4) is 0 Å². The highest BCUT2D eigenvalue weighted by atomic mass is 19.4. The number of ether oxygens (including phenoxy) is 1. The summed E-state index contributed by atoms with van der Waals surface area (Å²) in [5.74, 6) is -0.209. The molecule has 1 fully saturated rings. The van der Waals surface area contributed by atoms with Crippen LogP contribution in [0.5, 0.6) is 11.5 Å². The molecule has 1 aromatic heterocycles. The first-order valence-electron chi connectivity index (χ1n) is 9.35. The smallest absolute Gasteiger partial charge is 0.417 e. The number of piperidine rings is 1. The Kier molecular flexibility index (Phi) is 6.05. The summed E-state index contributed by atoms with van der Waals surface area (Å²) in [5.41, 5.74) is -1.79. The van der Waals surface area contributed by atoms with Crippen LogP contribution >= 0.6 is 0 Å². The zero-order chi connectivity index (χ0) is 22.1. The number of rotatable bonds is 4. The van der Waals surface area contributed by atoms with Gasteiger partial charge in [0.15, 0.2) is 11.5 Å². The van der Waals surface area contributed by atoms with Gasteiger partial charge in [-0.3, -0.25) is 0 Å². The number of anilines is 1. The summed E-state index contributed by atoms with van der Waals surface area (Å²) >= 11 is 0. The Labute approximate surface area is 169 Å². The molecule has 0 aliphatic carbocycles. The molecular weight excluding hydrogens is 414 g/mol. The molecule has 0 unspecified atom stereocenters. The van der Waals surface area contributed by atoms with Crippen molar-refractivity contribution < 1.29 is 36.2 Å². The molecule has 2 atom stereocenters. The first-order chi connectivity index (χ1) is 14.0. The Morgan fingerprint density at radius 2 is 1.73 bits per heavy atom. The van der Waals surface area contributed by atoms with E-state index < -0.39 is 29.2 Å². The maximum absolute atomic E-state index is 12.7. The predicted octanol–water partition coefficient (Wildman–Crippen LogP) is 5.65. The van der Waals surface area contributed by atoms with Gasteiger partial charge in [0.25, 0.3) is 0 Å². The summed E-state index contributed by atoms with van der Waals surface area (Å²) in [4.78, 5) is 5.84. The van der Waals surface area contributed by atoms with Crippen molar-refractivity contribution in [2.45, 2.75) is 50.7 Å². The average molecular weight is 434 g/mol. The molecule has 10 heteroatoms. The largest absolute Gasteiger partial charge is 0.504 e. The Balaban J connectivity index is 1.69. The molecule has 1 aliphatic heterocycles. The minimum Gasteiger partial charge on any atom is -0.504 e. The van der Waals surface area contributed by atoms with Gasteiger partial charge in [-0.1, -0.05) is 6.92 Å². The molecule has 2 aromatic rings. The molecule has 2 heterocycles. The van der Waals surface area contributed by atoms with Crippen LogP contribution in [0, 0.1) is 0 Å². The molecule has 1 aliphatic rings. The van der Waals surface area contributed by atoms with Crippen molar-refractivity contribution in [3.8, 4) is 11.5 Å². The minimum absolute atomic E-state index is 0.0380. The van der Waals surface area contributed by atoms with Crippen LogP contribution < -0.4 is 9.64 Å². The fraction of sp³-hybridized carbons (Fsp3) is 0.450. The lowest BCUT2D eigenvalue weighted by Gasteiger charge is -2.40. The quantitative estimate of drug-likeness (QED) is 0.632. The third-order valence-corrected chi connectivity index (χ3v) is 5.09. The Morgan fingerprint density at radius 1 is 1.07 bits per heavy atom. The van der Waals surface area contributed by atoms with Crippen molar-refractivity contribution in [3.63, 3.8) is 0 Å². The van der Waals surface area contributed by atoms with Gasteiger partial charge in [-0.05, 0) is 36.8 Å². The lowest BCUT2D eigenvalue weighted by Crippen LogP contribution is -2.46. The molecule has 0 radical (unpaired) electrons. The SMILES string of the molecule is CC[C@H]1C[C@@H](Oc2ccc(C(F)(F)F)cc2O)CCN1c1ccc(C(F)(F)F)cn1. The van der Waals surface area contributed by atoms with Crippen molar-refractivity contribution in [2.24, 2.45) is 0 Å².